The minimum absolute atomic E-state index is 0.0999. The molecule has 0 aliphatic carbocycles. The van der Waals surface area contributed by atoms with Crippen molar-refractivity contribution in [2.45, 2.75) is 25.6 Å². The molecule has 1 atom stereocenters. The van der Waals surface area contributed by atoms with Gasteiger partial charge in [0.25, 0.3) is 5.82 Å². The van der Waals surface area contributed by atoms with Crippen molar-refractivity contribution in [1.82, 2.24) is 19.8 Å². The maximum Gasteiger partial charge on any atom is 0.453 e. The van der Waals surface area contributed by atoms with Gasteiger partial charge in [-0.25, -0.2) is 0 Å². The highest BCUT2D eigenvalue weighted by atomic mass is 32.2. The summed E-state index contributed by atoms with van der Waals surface area (Å²) in [5.74, 6) is 1.44. The molecule has 2 aromatic heterocycles. The molecule has 0 spiro atoms. The lowest BCUT2D eigenvalue weighted by Gasteiger charge is -2.27. The molecule has 1 aliphatic rings. The monoisotopic (exact) mass is 317 g/mol. The highest BCUT2D eigenvalue weighted by molar-refractivity contribution is 7.99. The molecule has 0 bridgehead atoms. The number of thioether (sulfide) groups is 1. The van der Waals surface area contributed by atoms with Crippen molar-refractivity contribution in [3.8, 4) is 0 Å². The molecule has 1 saturated heterocycles. The second kappa shape index (κ2) is 5.36. The lowest BCUT2D eigenvalue weighted by atomic mass is 10.2. The van der Waals surface area contributed by atoms with Crippen molar-refractivity contribution in [2.24, 2.45) is 0 Å². The van der Waals surface area contributed by atoms with E-state index in [1.807, 2.05) is 16.7 Å². The SMILES string of the molecule is CC1CCSCCN1c1ccc2nnc(C(F)(F)F)n2n1. The van der Waals surface area contributed by atoms with Crippen molar-refractivity contribution in [2.75, 3.05) is 23.0 Å². The number of hydrogen-bond acceptors (Lipinski definition) is 5. The van der Waals surface area contributed by atoms with Crippen LogP contribution in [0.1, 0.15) is 19.2 Å². The van der Waals surface area contributed by atoms with Gasteiger partial charge in [-0.05, 0) is 31.2 Å². The van der Waals surface area contributed by atoms with Gasteiger partial charge in [-0.15, -0.1) is 15.3 Å². The van der Waals surface area contributed by atoms with Gasteiger partial charge in [0.05, 0.1) is 0 Å². The average molecular weight is 317 g/mol. The van der Waals surface area contributed by atoms with Crippen LogP contribution in [0.25, 0.3) is 5.65 Å². The lowest BCUT2D eigenvalue weighted by molar-refractivity contribution is -0.146. The first-order valence-electron chi connectivity index (χ1n) is 6.61. The van der Waals surface area contributed by atoms with Crippen LogP contribution in [0.4, 0.5) is 19.0 Å². The molecule has 0 saturated carbocycles. The van der Waals surface area contributed by atoms with Crippen molar-refractivity contribution in [3.05, 3.63) is 18.0 Å². The molecule has 2 aromatic rings. The summed E-state index contributed by atoms with van der Waals surface area (Å²) in [5.41, 5.74) is 0.0999. The van der Waals surface area contributed by atoms with Gasteiger partial charge in [-0.2, -0.15) is 29.4 Å². The quantitative estimate of drug-likeness (QED) is 0.808. The summed E-state index contributed by atoms with van der Waals surface area (Å²) >= 11 is 1.85. The van der Waals surface area contributed by atoms with Gasteiger partial charge >= 0.3 is 6.18 Å². The Labute approximate surface area is 123 Å². The minimum atomic E-state index is -4.56. The molecule has 5 nitrogen and oxygen atoms in total. The van der Waals surface area contributed by atoms with Crippen molar-refractivity contribution >= 4 is 23.2 Å². The van der Waals surface area contributed by atoms with Gasteiger partial charge in [0.2, 0.25) is 0 Å². The predicted octanol–water partition coefficient (Wildman–Crippen LogP) is 2.47. The standard InChI is InChI=1S/C12H14F3N5S/c1-8-4-6-21-7-5-19(8)10-3-2-9-16-17-11(12(13,14)15)20(9)18-10/h2-3,8H,4-7H2,1H3. The van der Waals surface area contributed by atoms with E-state index in [9.17, 15) is 13.2 Å². The number of halogens is 3. The van der Waals surface area contributed by atoms with Crippen LogP contribution >= 0.6 is 11.8 Å². The van der Waals surface area contributed by atoms with Crippen LogP contribution in [0.15, 0.2) is 12.1 Å². The normalized spacial score (nSPS) is 20.8. The third-order valence-electron chi connectivity index (χ3n) is 3.49. The predicted molar refractivity (Wildman–Crippen MR) is 74.5 cm³/mol. The Morgan fingerprint density at radius 1 is 1.24 bits per heavy atom. The number of fused-ring (bicyclic) bond motifs is 1. The van der Waals surface area contributed by atoms with E-state index in [2.05, 4.69) is 22.2 Å². The summed E-state index contributed by atoms with van der Waals surface area (Å²) in [6.07, 6.45) is -3.58. The molecule has 21 heavy (non-hydrogen) atoms. The van der Waals surface area contributed by atoms with Gasteiger partial charge in [0.15, 0.2) is 5.65 Å². The molecule has 0 amide bonds. The summed E-state index contributed by atoms with van der Waals surface area (Å²) in [5, 5.41) is 10.8. The molecule has 0 N–H and O–H groups in total. The molecule has 1 unspecified atom stereocenters. The number of nitrogens with zero attached hydrogens (tertiary/aromatic N) is 5. The van der Waals surface area contributed by atoms with Crippen LogP contribution in [0.3, 0.4) is 0 Å². The topological polar surface area (TPSA) is 46.3 Å². The summed E-state index contributed by atoms with van der Waals surface area (Å²) in [6, 6.07) is 3.47. The zero-order chi connectivity index (χ0) is 15.0. The summed E-state index contributed by atoms with van der Waals surface area (Å²) in [4.78, 5) is 2.04. The lowest BCUT2D eigenvalue weighted by Crippen LogP contribution is -2.34. The molecule has 1 aliphatic heterocycles. The van der Waals surface area contributed by atoms with E-state index >= 15 is 0 Å². The van der Waals surface area contributed by atoms with Crippen LogP contribution < -0.4 is 4.90 Å². The van der Waals surface area contributed by atoms with Gasteiger partial charge in [-0.3, -0.25) is 0 Å². The summed E-state index contributed by atoms with van der Waals surface area (Å²) in [6.45, 7) is 2.84. The second-order valence-corrected chi connectivity index (χ2v) is 6.15. The number of hydrogen-bond donors (Lipinski definition) is 0. The van der Waals surface area contributed by atoms with Gasteiger partial charge in [-0.1, -0.05) is 0 Å². The third kappa shape index (κ3) is 2.78. The first-order valence-corrected chi connectivity index (χ1v) is 7.76. The third-order valence-corrected chi connectivity index (χ3v) is 4.48. The first kappa shape index (κ1) is 14.4. The van der Waals surface area contributed by atoms with E-state index in [-0.39, 0.29) is 11.7 Å². The fraction of sp³-hybridized carbons (Fsp3) is 0.583. The minimum Gasteiger partial charge on any atom is -0.352 e. The Balaban J connectivity index is 2.03. The Hall–Kier alpha value is -1.51. The Morgan fingerprint density at radius 3 is 2.81 bits per heavy atom. The number of rotatable bonds is 1. The molecule has 3 rings (SSSR count). The van der Waals surface area contributed by atoms with E-state index in [0.717, 1.165) is 29.0 Å². The first-order chi connectivity index (χ1) is 9.97. The fourth-order valence-electron chi connectivity index (χ4n) is 2.34. The Morgan fingerprint density at radius 2 is 2.05 bits per heavy atom. The highest BCUT2D eigenvalue weighted by Gasteiger charge is 2.37. The van der Waals surface area contributed by atoms with E-state index < -0.39 is 12.0 Å². The zero-order valence-corrected chi connectivity index (χ0v) is 12.2. The van der Waals surface area contributed by atoms with Gasteiger partial charge in [0.1, 0.15) is 5.82 Å². The van der Waals surface area contributed by atoms with E-state index in [4.69, 9.17) is 0 Å². The average Bonchev–Trinajstić information content (AvgIpc) is 2.74. The van der Waals surface area contributed by atoms with Gasteiger partial charge in [0, 0.05) is 18.3 Å². The van der Waals surface area contributed by atoms with Crippen LogP contribution in [-0.2, 0) is 6.18 Å². The largest absolute Gasteiger partial charge is 0.453 e. The zero-order valence-electron chi connectivity index (χ0n) is 11.3. The molecule has 114 valence electrons. The molecule has 3 heterocycles. The van der Waals surface area contributed by atoms with Crippen LogP contribution in [0.2, 0.25) is 0 Å². The van der Waals surface area contributed by atoms with E-state index in [1.54, 1.807) is 6.07 Å². The van der Waals surface area contributed by atoms with Crippen LogP contribution in [-0.4, -0.2) is 43.9 Å². The maximum atomic E-state index is 12.9. The molecule has 0 aromatic carbocycles. The van der Waals surface area contributed by atoms with Gasteiger partial charge < -0.3 is 4.90 Å². The molecule has 0 radical (unpaired) electrons. The maximum absolute atomic E-state index is 12.9. The molecule has 1 fully saturated rings. The molecule has 9 heteroatoms. The van der Waals surface area contributed by atoms with E-state index in [1.165, 1.54) is 6.07 Å². The summed E-state index contributed by atoms with van der Waals surface area (Å²) < 4.78 is 39.4. The highest BCUT2D eigenvalue weighted by Crippen LogP contribution is 2.28. The number of aromatic nitrogens is 4. The molecular formula is C12H14F3N5S. The van der Waals surface area contributed by atoms with Crippen LogP contribution in [0.5, 0.6) is 0 Å². The smallest absolute Gasteiger partial charge is 0.352 e. The van der Waals surface area contributed by atoms with Crippen molar-refractivity contribution in [1.29, 1.82) is 0 Å². The second-order valence-electron chi connectivity index (χ2n) is 4.93. The summed E-state index contributed by atoms with van der Waals surface area (Å²) in [7, 11) is 0. The fourth-order valence-corrected chi connectivity index (χ4v) is 3.38. The van der Waals surface area contributed by atoms with Crippen molar-refractivity contribution < 1.29 is 13.2 Å². The number of alkyl halides is 3. The molecular weight excluding hydrogens is 303 g/mol. The van der Waals surface area contributed by atoms with Crippen LogP contribution in [0, 0.1) is 0 Å². The number of anilines is 1. The Bertz CT molecular complexity index is 641. The van der Waals surface area contributed by atoms with E-state index in [0.29, 0.717) is 5.82 Å². The van der Waals surface area contributed by atoms with Crippen molar-refractivity contribution in [3.63, 3.8) is 0 Å². The Kier molecular flexibility index (Phi) is 3.68.